The molecule has 0 atom stereocenters. The normalized spacial score (nSPS) is 11.6. The van der Waals surface area contributed by atoms with Gasteiger partial charge in [-0.25, -0.2) is 12.8 Å². The summed E-state index contributed by atoms with van der Waals surface area (Å²) in [6.07, 6.45) is 0. The fourth-order valence-electron chi connectivity index (χ4n) is 2.15. The molecule has 2 aromatic rings. The Morgan fingerprint density at radius 2 is 2.14 bits per heavy atom. The van der Waals surface area contributed by atoms with E-state index in [4.69, 9.17) is 0 Å². The molecule has 0 bridgehead atoms. The van der Waals surface area contributed by atoms with Crippen LogP contribution in [0.25, 0.3) is 0 Å². The van der Waals surface area contributed by atoms with Gasteiger partial charge in [0.2, 0.25) is 0 Å². The van der Waals surface area contributed by atoms with Crippen LogP contribution < -0.4 is 4.31 Å². The number of aliphatic hydroxyl groups is 1. The molecule has 114 valence electrons. The van der Waals surface area contributed by atoms with Crippen LogP contribution in [0.5, 0.6) is 0 Å². The van der Waals surface area contributed by atoms with Crippen LogP contribution in [0.4, 0.5) is 10.1 Å². The molecule has 0 fully saturated rings. The zero-order chi connectivity index (χ0) is 15.6. The smallest absolute Gasteiger partial charge is 0.268 e. The van der Waals surface area contributed by atoms with Crippen molar-refractivity contribution in [2.75, 3.05) is 10.8 Å². The molecule has 8 heteroatoms. The Morgan fingerprint density at radius 1 is 1.43 bits per heavy atom. The number of aromatic amines is 1. The Bertz CT molecular complexity index is 743. The van der Waals surface area contributed by atoms with E-state index in [1.807, 2.05) is 0 Å². The van der Waals surface area contributed by atoms with Crippen LogP contribution in [0.1, 0.15) is 18.3 Å². The number of rotatable bonds is 5. The first-order chi connectivity index (χ1) is 9.91. The molecule has 0 unspecified atom stereocenters. The predicted octanol–water partition coefficient (Wildman–Crippen LogP) is 1.56. The fourth-order valence-corrected chi connectivity index (χ4v) is 3.94. The van der Waals surface area contributed by atoms with E-state index < -0.39 is 22.4 Å². The van der Waals surface area contributed by atoms with Gasteiger partial charge in [-0.2, -0.15) is 5.10 Å². The van der Waals surface area contributed by atoms with E-state index in [1.165, 1.54) is 18.2 Å². The van der Waals surface area contributed by atoms with Crippen LogP contribution in [-0.2, 0) is 16.6 Å². The predicted molar refractivity (Wildman–Crippen MR) is 75.9 cm³/mol. The second-order valence-corrected chi connectivity index (χ2v) is 6.23. The van der Waals surface area contributed by atoms with E-state index in [2.05, 4.69) is 10.2 Å². The lowest BCUT2D eigenvalue weighted by Crippen LogP contribution is -2.31. The second kappa shape index (κ2) is 5.82. The summed E-state index contributed by atoms with van der Waals surface area (Å²) in [5.74, 6) is -0.521. The van der Waals surface area contributed by atoms with Gasteiger partial charge in [-0.15, -0.1) is 0 Å². The van der Waals surface area contributed by atoms with Crippen LogP contribution >= 0.6 is 0 Å². The van der Waals surface area contributed by atoms with E-state index in [-0.39, 0.29) is 22.8 Å². The summed E-state index contributed by atoms with van der Waals surface area (Å²) < 4.78 is 40.0. The van der Waals surface area contributed by atoms with Crippen LogP contribution in [0.2, 0.25) is 0 Å². The summed E-state index contributed by atoms with van der Waals surface area (Å²) in [4.78, 5) is -0.0730. The van der Waals surface area contributed by atoms with Crippen molar-refractivity contribution in [3.63, 3.8) is 0 Å². The van der Waals surface area contributed by atoms with Gasteiger partial charge < -0.3 is 5.11 Å². The number of benzene rings is 1. The molecule has 1 aromatic carbocycles. The van der Waals surface area contributed by atoms with Crippen molar-refractivity contribution in [1.29, 1.82) is 0 Å². The van der Waals surface area contributed by atoms with Gasteiger partial charge in [0.1, 0.15) is 16.4 Å². The molecule has 2 rings (SSSR count). The first kappa shape index (κ1) is 15.5. The number of nitrogens with one attached hydrogen (secondary N) is 1. The number of nitrogens with zero attached hydrogens (tertiary/aromatic N) is 2. The molecule has 6 nitrogen and oxygen atoms in total. The molecular weight excluding hydrogens is 297 g/mol. The molecule has 0 radical (unpaired) electrons. The van der Waals surface area contributed by atoms with Gasteiger partial charge in [0.25, 0.3) is 10.0 Å². The van der Waals surface area contributed by atoms with Crippen molar-refractivity contribution in [1.82, 2.24) is 10.2 Å². The average Bonchev–Trinajstić information content (AvgIpc) is 2.81. The van der Waals surface area contributed by atoms with Gasteiger partial charge in [0.15, 0.2) is 0 Å². The molecule has 2 N–H and O–H groups in total. The standard InChI is InChI=1S/C13H16FN3O3S/c1-3-17(11-6-4-5-10(14)7-11)21(19,20)13-9(2)15-16-12(13)8-18/h4-7,18H,3,8H2,1-2H3,(H,15,16). The first-order valence-corrected chi connectivity index (χ1v) is 7.78. The van der Waals surface area contributed by atoms with Gasteiger partial charge in [0, 0.05) is 6.54 Å². The van der Waals surface area contributed by atoms with Gasteiger partial charge in [-0.1, -0.05) is 6.07 Å². The lowest BCUT2D eigenvalue weighted by Gasteiger charge is -2.23. The van der Waals surface area contributed by atoms with Crippen molar-refractivity contribution >= 4 is 15.7 Å². The van der Waals surface area contributed by atoms with E-state index in [0.717, 1.165) is 10.4 Å². The quantitative estimate of drug-likeness (QED) is 0.877. The van der Waals surface area contributed by atoms with E-state index in [0.29, 0.717) is 5.69 Å². The third-order valence-electron chi connectivity index (χ3n) is 3.04. The minimum absolute atomic E-state index is 0.0438. The minimum atomic E-state index is -3.94. The zero-order valence-electron chi connectivity index (χ0n) is 11.7. The number of H-pyrrole nitrogens is 1. The van der Waals surface area contributed by atoms with Crippen LogP contribution in [0, 0.1) is 12.7 Å². The van der Waals surface area contributed by atoms with E-state index in [9.17, 15) is 17.9 Å². The minimum Gasteiger partial charge on any atom is -0.390 e. The van der Waals surface area contributed by atoms with Crippen molar-refractivity contribution < 1.29 is 17.9 Å². The molecule has 0 spiro atoms. The van der Waals surface area contributed by atoms with Crippen LogP contribution in [0.3, 0.4) is 0 Å². The highest BCUT2D eigenvalue weighted by Crippen LogP contribution is 2.27. The number of aryl methyl sites for hydroxylation is 1. The third-order valence-corrected chi connectivity index (χ3v) is 5.15. The number of sulfonamides is 1. The molecule has 0 saturated carbocycles. The first-order valence-electron chi connectivity index (χ1n) is 6.34. The number of hydrogen-bond donors (Lipinski definition) is 2. The van der Waals surface area contributed by atoms with E-state index in [1.54, 1.807) is 13.8 Å². The largest absolute Gasteiger partial charge is 0.390 e. The topological polar surface area (TPSA) is 86.3 Å². The monoisotopic (exact) mass is 313 g/mol. The Morgan fingerprint density at radius 3 is 2.71 bits per heavy atom. The summed E-state index contributed by atoms with van der Waals surface area (Å²) in [7, 11) is -3.94. The summed E-state index contributed by atoms with van der Waals surface area (Å²) in [6, 6.07) is 5.34. The third kappa shape index (κ3) is 2.77. The lowest BCUT2D eigenvalue weighted by molar-refractivity contribution is 0.273. The maximum absolute atomic E-state index is 13.3. The summed E-state index contributed by atoms with van der Waals surface area (Å²) in [6.45, 7) is 2.83. The van der Waals surface area contributed by atoms with Crippen molar-refractivity contribution in [2.24, 2.45) is 0 Å². The Balaban J connectivity index is 2.57. The molecule has 1 aromatic heterocycles. The zero-order valence-corrected chi connectivity index (χ0v) is 12.5. The molecular formula is C13H16FN3O3S. The highest BCUT2D eigenvalue weighted by atomic mass is 32.2. The maximum atomic E-state index is 13.3. The SMILES string of the molecule is CCN(c1cccc(F)c1)S(=O)(=O)c1c(CO)n[nH]c1C. The lowest BCUT2D eigenvalue weighted by atomic mass is 10.3. The van der Waals surface area contributed by atoms with Gasteiger partial charge in [-0.05, 0) is 32.0 Å². The van der Waals surface area contributed by atoms with Crippen molar-refractivity contribution in [2.45, 2.75) is 25.3 Å². The molecule has 1 heterocycles. The molecule has 0 aliphatic heterocycles. The molecule has 0 aliphatic carbocycles. The molecule has 21 heavy (non-hydrogen) atoms. The van der Waals surface area contributed by atoms with E-state index >= 15 is 0 Å². The Kier molecular flexibility index (Phi) is 4.29. The summed E-state index contributed by atoms with van der Waals surface area (Å²) in [5.41, 5.74) is 0.596. The summed E-state index contributed by atoms with van der Waals surface area (Å²) >= 11 is 0. The highest BCUT2D eigenvalue weighted by Gasteiger charge is 2.30. The number of aliphatic hydroxyl groups excluding tert-OH is 1. The average molecular weight is 313 g/mol. The van der Waals surface area contributed by atoms with Gasteiger partial charge in [0.05, 0.1) is 18.0 Å². The Hall–Kier alpha value is -1.93. The molecule has 0 saturated heterocycles. The van der Waals surface area contributed by atoms with Crippen molar-refractivity contribution in [3.05, 3.63) is 41.5 Å². The highest BCUT2D eigenvalue weighted by molar-refractivity contribution is 7.93. The van der Waals surface area contributed by atoms with Crippen LogP contribution in [0.15, 0.2) is 29.2 Å². The molecule has 0 amide bonds. The number of halogens is 1. The number of aromatic nitrogens is 2. The summed E-state index contributed by atoms with van der Waals surface area (Å²) in [5, 5.41) is 15.6. The fraction of sp³-hybridized carbons (Fsp3) is 0.308. The number of hydrogen-bond acceptors (Lipinski definition) is 4. The van der Waals surface area contributed by atoms with Gasteiger partial charge in [-0.3, -0.25) is 9.40 Å². The van der Waals surface area contributed by atoms with Crippen molar-refractivity contribution in [3.8, 4) is 0 Å². The Labute approximate surface area is 122 Å². The maximum Gasteiger partial charge on any atom is 0.268 e. The van der Waals surface area contributed by atoms with Gasteiger partial charge >= 0.3 is 0 Å². The van der Waals surface area contributed by atoms with Crippen LogP contribution in [-0.4, -0.2) is 30.3 Å². The second-order valence-electron chi connectivity index (χ2n) is 4.43. The molecule has 0 aliphatic rings. The number of anilines is 1.